The standard InChI is InChI=1S/C22H26BrClN2O4S/c1-4-30-19-8-7-18(24)12-20(19)31(28,29)26-9-5-6-16(13-26)22(27)25-21-14(2)10-17(23)11-15(21)3/h7-8,10-12,16H,4-6,9,13H2,1-3H3,(H,25,27)/t16-/m0/s1. The van der Waals surface area contributed by atoms with Crippen LogP contribution < -0.4 is 10.1 Å². The van der Waals surface area contributed by atoms with Crippen LogP contribution in [0.2, 0.25) is 5.02 Å². The zero-order valence-electron chi connectivity index (χ0n) is 17.7. The molecule has 9 heteroatoms. The molecule has 0 radical (unpaired) electrons. The van der Waals surface area contributed by atoms with E-state index < -0.39 is 15.9 Å². The summed E-state index contributed by atoms with van der Waals surface area (Å²) in [5.41, 5.74) is 2.66. The fraction of sp³-hybridized carbons (Fsp3) is 0.409. The molecule has 1 saturated heterocycles. The largest absolute Gasteiger partial charge is 0.492 e. The van der Waals surface area contributed by atoms with Gasteiger partial charge in [0.05, 0.1) is 12.5 Å². The van der Waals surface area contributed by atoms with E-state index in [-0.39, 0.29) is 23.1 Å². The van der Waals surface area contributed by atoms with E-state index in [1.807, 2.05) is 26.0 Å². The fourth-order valence-corrected chi connectivity index (χ4v) is 6.41. The highest BCUT2D eigenvalue weighted by Crippen LogP contribution is 2.33. The smallest absolute Gasteiger partial charge is 0.246 e. The van der Waals surface area contributed by atoms with E-state index in [9.17, 15) is 13.2 Å². The molecule has 0 unspecified atom stereocenters. The SMILES string of the molecule is CCOc1ccc(Cl)cc1S(=O)(=O)N1CCC[C@H](C(=O)Nc2c(C)cc(Br)cc2C)C1. The van der Waals surface area contributed by atoms with Crippen molar-refractivity contribution in [1.29, 1.82) is 0 Å². The van der Waals surface area contributed by atoms with Crippen LogP contribution in [-0.4, -0.2) is 38.3 Å². The Balaban J connectivity index is 1.82. The number of nitrogens with zero attached hydrogens (tertiary/aromatic N) is 1. The summed E-state index contributed by atoms with van der Waals surface area (Å²) in [6.45, 7) is 6.44. The van der Waals surface area contributed by atoms with E-state index in [1.54, 1.807) is 19.1 Å². The molecule has 1 aliphatic heterocycles. The average Bonchev–Trinajstić information content (AvgIpc) is 2.72. The zero-order valence-corrected chi connectivity index (χ0v) is 20.9. The van der Waals surface area contributed by atoms with Crippen LogP contribution in [0.3, 0.4) is 0 Å². The minimum absolute atomic E-state index is 0.0301. The van der Waals surface area contributed by atoms with Crippen molar-refractivity contribution in [3.8, 4) is 5.75 Å². The molecule has 1 heterocycles. The molecule has 0 saturated carbocycles. The third-order valence-electron chi connectivity index (χ3n) is 5.32. The Morgan fingerprint density at radius 2 is 1.94 bits per heavy atom. The van der Waals surface area contributed by atoms with Gasteiger partial charge in [-0.15, -0.1) is 0 Å². The molecule has 1 aliphatic rings. The second kappa shape index (κ2) is 9.90. The molecule has 1 atom stereocenters. The number of carbonyl (C=O) groups excluding carboxylic acids is 1. The van der Waals surface area contributed by atoms with Crippen LogP contribution in [0.5, 0.6) is 5.75 Å². The van der Waals surface area contributed by atoms with E-state index >= 15 is 0 Å². The van der Waals surface area contributed by atoms with Crippen molar-refractivity contribution in [1.82, 2.24) is 4.31 Å². The summed E-state index contributed by atoms with van der Waals surface area (Å²) in [5.74, 6) is -0.357. The molecule has 3 rings (SSSR count). The summed E-state index contributed by atoms with van der Waals surface area (Å²) in [4.78, 5) is 13.0. The van der Waals surface area contributed by atoms with Crippen molar-refractivity contribution in [3.63, 3.8) is 0 Å². The van der Waals surface area contributed by atoms with Gasteiger partial charge in [-0.25, -0.2) is 8.42 Å². The van der Waals surface area contributed by atoms with Gasteiger partial charge in [0.2, 0.25) is 15.9 Å². The molecule has 2 aromatic rings. The lowest BCUT2D eigenvalue weighted by Crippen LogP contribution is -2.43. The first-order valence-corrected chi connectivity index (χ1v) is 12.7. The number of carbonyl (C=O) groups is 1. The summed E-state index contributed by atoms with van der Waals surface area (Å²) in [6.07, 6.45) is 1.22. The van der Waals surface area contributed by atoms with Crippen LogP contribution in [0, 0.1) is 19.8 Å². The van der Waals surface area contributed by atoms with Gasteiger partial charge in [0, 0.05) is 28.3 Å². The molecule has 0 bridgehead atoms. The van der Waals surface area contributed by atoms with E-state index in [4.69, 9.17) is 16.3 Å². The van der Waals surface area contributed by atoms with Crippen LogP contribution in [0.1, 0.15) is 30.9 Å². The van der Waals surface area contributed by atoms with E-state index in [1.165, 1.54) is 10.4 Å². The van der Waals surface area contributed by atoms with Crippen molar-refractivity contribution in [2.45, 2.75) is 38.5 Å². The maximum absolute atomic E-state index is 13.4. The number of benzene rings is 2. The molecule has 1 fully saturated rings. The van der Waals surface area contributed by atoms with Gasteiger partial charge >= 0.3 is 0 Å². The number of piperidine rings is 1. The van der Waals surface area contributed by atoms with Crippen molar-refractivity contribution < 1.29 is 17.9 Å². The Morgan fingerprint density at radius 3 is 2.58 bits per heavy atom. The molecule has 2 aromatic carbocycles. The van der Waals surface area contributed by atoms with Gasteiger partial charge in [0.1, 0.15) is 10.6 Å². The minimum atomic E-state index is -3.86. The molecular weight excluding hydrogens is 504 g/mol. The van der Waals surface area contributed by atoms with Gasteiger partial charge in [0.15, 0.2) is 0 Å². The van der Waals surface area contributed by atoms with Gasteiger partial charge in [-0.1, -0.05) is 27.5 Å². The molecule has 31 heavy (non-hydrogen) atoms. The molecule has 0 aromatic heterocycles. The van der Waals surface area contributed by atoms with Crippen molar-refractivity contribution in [2.75, 3.05) is 25.0 Å². The lowest BCUT2D eigenvalue weighted by molar-refractivity contribution is -0.120. The van der Waals surface area contributed by atoms with Gasteiger partial charge in [-0.3, -0.25) is 4.79 Å². The molecule has 0 spiro atoms. The molecular formula is C22H26BrClN2O4S. The van der Waals surface area contributed by atoms with Crippen molar-refractivity contribution >= 4 is 49.1 Å². The Morgan fingerprint density at radius 1 is 1.26 bits per heavy atom. The van der Waals surface area contributed by atoms with E-state index in [0.717, 1.165) is 21.3 Å². The number of amides is 1. The lowest BCUT2D eigenvalue weighted by Gasteiger charge is -2.32. The van der Waals surface area contributed by atoms with Crippen LogP contribution in [0.15, 0.2) is 39.7 Å². The highest BCUT2D eigenvalue weighted by molar-refractivity contribution is 9.10. The maximum Gasteiger partial charge on any atom is 0.246 e. The third-order valence-corrected chi connectivity index (χ3v) is 7.90. The highest BCUT2D eigenvalue weighted by atomic mass is 79.9. The summed E-state index contributed by atoms with van der Waals surface area (Å²) in [7, 11) is -3.86. The number of anilines is 1. The number of nitrogens with one attached hydrogen (secondary N) is 1. The normalized spacial score (nSPS) is 17.4. The molecule has 0 aliphatic carbocycles. The molecule has 168 valence electrons. The van der Waals surface area contributed by atoms with Crippen LogP contribution in [0.4, 0.5) is 5.69 Å². The van der Waals surface area contributed by atoms with Crippen LogP contribution in [-0.2, 0) is 14.8 Å². The minimum Gasteiger partial charge on any atom is -0.492 e. The topological polar surface area (TPSA) is 75.7 Å². The van der Waals surface area contributed by atoms with Crippen LogP contribution >= 0.6 is 27.5 Å². The summed E-state index contributed by atoms with van der Waals surface area (Å²) < 4.78 is 34.5. The Labute approximate surface area is 197 Å². The monoisotopic (exact) mass is 528 g/mol. The van der Waals surface area contributed by atoms with Gasteiger partial charge < -0.3 is 10.1 Å². The Hall–Kier alpha value is -1.61. The number of rotatable bonds is 6. The first-order valence-electron chi connectivity index (χ1n) is 10.1. The number of hydrogen-bond acceptors (Lipinski definition) is 4. The Kier molecular flexibility index (Phi) is 7.68. The second-order valence-electron chi connectivity index (χ2n) is 7.63. The van der Waals surface area contributed by atoms with Crippen molar-refractivity contribution in [2.24, 2.45) is 5.92 Å². The van der Waals surface area contributed by atoms with Crippen molar-refractivity contribution in [3.05, 3.63) is 51.0 Å². The molecule has 6 nitrogen and oxygen atoms in total. The van der Waals surface area contributed by atoms with Gasteiger partial charge in [-0.2, -0.15) is 4.31 Å². The lowest BCUT2D eigenvalue weighted by atomic mass is 9.98. The zero-order chi connectivity index (χ0) is 22.8. The van der Waals surface area contributed by atoms with Crippen LogP contribution in [0.25, 0.3) is 0 Å². The molecule has 1 amide bonds. The summed E-state index contributed by atoms with van der Waals surface area (Å²) in [6, 6.07) is 8.44. The van der Waals surface area contributed by atoms with E-state index in [2.05, 4.69) is 21.2 Å². The third kappa shape index (κ3) is 5.42. The quantitative estimate of drug-likeness (QED) is 0.561. The number of aryl methyl sites for hydroxylation is 2. The maximum atomic E-state index is 13.4. The first-order chi connectivity index (χ1) is 14.6. The number of hydrogen-bond donors (Lipinski definition) is 1. The van der Waals surface area contributed by atoms with Gasteiger partial charge in [0.25, 0.3) is 0 Å². The van der Waals surface area contributed by atoms with Gasteiger partial charge in [-0.05, 0) is 75.1 Å². The average molecular weight is 530 g/mol. The first kappa shape index (κ1) is 24.0. The number of ether oxygens (including phenoxy) is 1. The number of halogens is 2. The predicted molar refractivity (Wildman–Crippen MR) is 126 cm³/mol. The fourth-order valence-electron chi connectivity index (χ4n) is 3.81. The molecule has 1 N–H and O–H groups in total. The number of sulfonamides is 1. The second-order valence-corrected chi connectivity index (χ2v) is 10.9. The summed E-state index contributed by atoms with van der Waals surface area (Å²) in [5, 5.41) is 3.32. The predicted octanol–water partition coefficient (Wildman–Crippen LogP) is 5.16. The Bertz CT molecular complexity index is 1070. The van der Waals surface area contributed by atoms with E-state index in [0.29, 0.717) is 31.0 Å². The summed E-state index contributed by atoms with van der Waals surface area (Å²) >= 11 is 9.52. The highest BCUT2D eigenvalue weighted by Gasteiger charge is 2.35.